The van der Waals surface area contributed by atoms with Crippen molar-refractivity contribution in [1.82, 2.24) is 10.3 Å². The Morgan fingerprint density at radius 1 is 1.04 bits per heavy atom. The van der Waals surface area contributed by atoms with Crippen molar-refractivity contribution in [1.29, 1.82) is 0 Å². The molecule has 0 aliphatic carbocycles. The highest BCUT2D eigenvalue weighted by Gasteiger charge is 2.11. The number of hydrogen-bond donors (Lipinski definition) is 2. The molecule has 0 radical (unpaired) electrons. The molecule has 138 valence electrons. The fraction of sp³-hybridized carbons (Fsp3) is 0.100. The minimum atomic E-state index is -0.714. The molecule has 0 spiro atoms. The quantitative estimate of drug-likeness (QED) is 0.688. The summed E-state index contributed by atoms with van der Waals surface area (Å²) in [4.78, 5) is 16.3. The van der Waals surface area contributed by atoms with Crippen LogP contribution in [0, 0.1) is 11.6 Å². The lowest BCUT2D eigenvalue weighted by molar-refractivity contribution is 0.0945. The molecule has 0 aliphatic rings. The summed E-state index contributed by atoms with van der Waals surface area (Å²) in [6.45, 7) is 0.283. The maximum atomic E-state index is 13.7. The molecule has 3 rings (SSSR count). The lowest BCUT2D eigenvalue weighted by Gasteiger charge is -2.10. The highest BCUT2D eigenvalue weighted by molar-refractivity contribution is 5.92. The number of aromatic nitrogens is 1. The summed E-state index contributed by atoms with van der Waals surface area (Å²) in [7, 11) is 1.56. The number of nitrogens with zero attached hydrogens (tertiary/aromatic N) is 1. The predicted octanol–water partition coefficient (Wildman–Crippen LogP) is 4.04. The fourth-order valence-corrected chi connectivity index (χ4v) is 2.48. The van der Waals surface area contributed by atoms with E-state index < -0.39 is 11.6 Å². The van der Waals surface area contributed by atoms with E-state index in [1.165, 1.54) is 24.4 Å². The second kappa shape index (κ2) is 8.27. The van der Waals surface area contributed by atoms with Crippen molar-refractivity contribution in [2.45, 2.75) is 6.54 Å². The Balaban J connectivity index is 1.65. The minimum Gasteiger partial charge on any atom is -0.496 e. The molecule has 2 aromatic carbocycles. The molecule has 0 fully saturated rings. The lowest BCUT2D eigenvalue weighted by Crippen LogP contribution is -2.24. The van der Waals surface area contributed by atoms with Crippen molar-refractivity contribution in [2.75, 3.05) is 12.4 Å². The monoisotopic (exact) mass is 369 g/mol. The second-order valence-electron chi connectivity index (χ2n) is 5.65. The van der Waals surface area contributed by atoms with E-state index in [4.69, 9.17) is 4.74 Å². The summed E-state index contributed by atoms with van der Waals surface area (Å²) in [6, 6.07) is 13.9. The van der Waals surface area contributed by atoms with Gasteiger partial charge in [0.25, 0.3) is 5.91 Å². The Kier molecular flexibility index (Phi) is 5.61. The molecule has 0 bridgehead atoms. The molecule has 3 aromatic rings. The van der Waals surface area contributed by atoms with Gasteiger partial charge in [0.1, 0.15) is 28.8 Å². The number of halogens is 2. The molecule has 27 heavy (non-hydrogen) atoms. The van der Waals surface area contributed by atoms with Gasteiger partial charge in [-0.25, -0.2) is 13.8 Å². The molecule has 0 atom stereocenters. The maximum absolute atomic E-state index is 13.7. The Bertz CT molecular complexity index is 926. The van der Waals surface area contributed by atoms with Crippen LogP contribution in [0.4, 0.5) is 20.2 Å². The van der Waals surface area contributed by atoms with Gasteiger partial charge in [-0.05, 0) is 30.3 Å². The normalized spacial score (nSPS) is 10.3. The molecule has 0 saturated heterocycles. The Labute approximate surface area is 155 Å². The van der Waals surface area contributed by atoms with Crippen LogP contribution in [-0.2, 0) is 6.54 Å². The molecular weight excluding hydrogens is 352 g/mol. The zero-order valence-electron chi connectivity index (χ0n) is 14.5. The topological polar surface area (TPSA) is 63.2 Å². The standard InChI is InChI=1S/C20H17F2N3O2/c1-27-18-8-3-2-5-13(18)11-24-20(26)17-10-9-14(12-23-17)25-19-15(21)6-4-7-16(19)22/h2-10,12,25H,11H2,1H3,(H,24,26). The van der Waals surface area contributed by atoms with Crippen LogP contribution in [0.3, 0.4) is 0 Å². The minimum absolute atomic E-state index is 0.185. The second-order valence-corrected chi connectivity index (χ2v) is 5.65. The summed E-state index contributed by atoms with van der Waals surface area (Å²) in [5, 5.41) is 5.37. The number of methoxy groups -OCH3 is 1. The molecule has 0 saturated carbocycles. The molecule has 2 N–H and O–H groups in total. The van der Waals surface area contributed by atoms with E-state index >= 15 is 0 Å². The first-order valence-corrected chi connectivity index (χ1v) is 8.15. The van der Waals surface area contributed by atoms with E-state index in [0.29, 0.717) is 11.4 Å². The van der Waals surface area contributed by atoms with Gasteiger partial charge in [-0.3, -0.25) is 4.79 Å². The van der Waals surface area contributed by atoms with E-state index in [1.807, 2.05) is 24.3 Å². The van der Waals surface area contributed by atoms with E-state index in [9.17, 15) is 13.6 Å². The Hall–Kier alpha value is -3.48. The molecule has 7 heteroatoms. The molecule has 0 aliphatic heterocycles. The van der Waals surface area contributed by atoms with Gasteiger partial charge < -0.3 is 15.4 Å². The third-order valence-corrected chi connectivity index (χ3v) is 3.86. The van der Waals surface area contributed by atoms with Crippen LogP contribution in [0.25, 0.3) is 0 Å². The zero-order valence-corrected chi connectivity index (χ0v) is 14.5. The molecule has 1 aromatic heterocycles. The first kappa shape index (κ1) is 18.3. The number of carbonyl (C=O) groups excluding carboxylic acids is 1. The number of pyridine rings is 1. The van der Waals surface area contributed by atoms with Crippen LogP contribution in [0.1, 0.15) is 16.1 Å². The molecule has 5 nitrogen and oxygen atoms in total. The van der Waals surface area contributed by atoms with Crippen LogP contribution >= 0.6 is 0 Å². The number of ether oxygens (including phenoxy) is 1. The van der Waals surface area contributed by atoms with E-state index in [0.717, 1.165) is 17.7 Å². The van der Waals surface area contributed by atoms with Gasteiger partial charge in [-0.15, -0.1) is 0 Å². The molecule has 0 unspecified atom stereocenters. The highest BCUT2D eigenvalue weighted by atomic mass is 19.1. The summed E-state index contributed by atoms with van der Waals surface area (Å²) in [5.41, 5.74) is 1.11. The number of carbonyl (C=O) groups is 1. The Morgan fingerprint density at radius 3 is 2.44 bits per heavy atom. The molecular formula is C20H17F2N3O2. The van der Waals surface area contributed by atoms with Crippen LogP contribution in [0.5, 0.6) is 5.75 Å². The molecule has 1 heterocycles. The predicted molar refractivity (Wildman–Crippen MR) is 98.0 cm³/mol. The van der Waals surface area contributed by atoms with Crippen LogP contribution < -0.4 is 15.4 Å². The number of amides is 1. The first-order valence-electron chi connectivity index (χ1n) is 8.15. The van der Waals surface area contributed by atoms with Crippen molar-refractivity contribution >= 4 is 17.3 Å². The lowest BCUT2D eigenvalue weighted by atomic mass is 10.2. The van der Waals surface area contributed by atoms with E-state index in [2.05, 4.69) is 15.6 Å². The van der Waals surface area contributed by atoms with Crippen molar-refractivity contribution < 1.29 is 18.3 Å². The largest absolute Gasteiger partial charge is 0.496 e. The van der Waals surface area contributed by atoms with Gasteiger partial charge in [0.15, 0.2) is 0 Å². The SMILES string of the molecule is COc1ccccc1CNC(=O)c1ccc(Nc2c(F)cccc2F)cn1. The van der Waals surface area contributed by atoms with E-state index in [1.54, 1.807) is 7.11 Å². The number of nitrogens with one attached hydrogen (secondary N) is 2. The maximum Gasteiger partial charge on any atom is 0.270 e. The number of benzene rings is 2. The van der Waals surface area contributed by atoms with Crippen molar-refractivity contribution in [3.05, 3.63) is 83.7 Å². The third-order valence-electron chi connectivity index (χ3n) is 3.86. The average molecular weight is 369 g/mol. The summed E-state index contributed by atoms with van der Waals surface area (Å²) in [5.74, 6) is -1.12. The van der Waals surface area contributed by atoms with Crippen molar-refractivity contribution in [3.8, 4) is 5.75 Å². The summed E-state index contributed by atoms with van der Waals surface area (Å²) < 4.78 is 32.6. The zero-order chi connectivity index (χ0) is 19.2. The number of rotatable bonds is 6. The van der Waals surface area contributed by atoms with Gasteiger partial charge in [0.2, 0.25) is 0 Å². The van der Waals surface area contributed by atoms with E-state index in [-0.39, 0.29) is 23.8 Å². The van der Waals surface area contributed by atoms with Gasteiger partial charge in [-0.1, -0.05) is 24.3 Å². The van der Waals surface area contributed by atoms with Crippen LogP contribution in [0.15, 0.2) is 60.8 Å². The van der Waals surface area contributed by atoms with Gasteiger partial charge >= 0.3 is 0 Å². The van der Waals surface area contributed by atoms with Gasteiger partial charge in [-0.2, -0.15) is 0 Å². The van der Waals surface area contributed by atoms with Gasteiger partial charge in [0.05, 0.1) is 19.0 Å². The number of hydrogen-bond acceptors (Lipinski definition) is 4. The summed E-state index contributed by atoms with van der Waals surface area (Å²) >= 11 is 0. The highest BCUT2D eigenvalue weighted by Crippen LogP contribution is 2.22. The number of anilines is 2. The Morgan fingerprint density at radius 2 is 1.78 bits per heavy atom. The first-order chi connectivity index (χ1) is 13.1. The number of para-hydroxylation sites is 2. The third kappa shape index (κ3) is 4.38. The average Bonchev–Trinajstić information content (AvgIpc) is 2.69. The fourth-order valence-electron chi connectivity index (χ4n) is 2.48. The van der Waals surface area contributed by atoms with Crippen LogP contribution in [-0.4, -0.2) is 18.0 Å². The molecule has 1 amide bonds. The summed E-state index contributed by atoms with van der Waals surface area (Å²) in [6.07, 6.45) is 1.34. The van der Waals surface area contributed by atoms with Crippen LogP contribution in [0.2, 0.25) is 0 Å². The smallest absolute Gasteiger partial charge is 0.270 e. The van der Waals surface area contributed by atoms with Crippen molar-refractivity contribution in [3.63, 3.8) is 0 Å². The van der Waals surface area contributed by atoms with Gasteiger partial charge in [0, 0.05) is 12.1 Å². The van der Waals surface area contributed by atoms with Crippen molar-refractivity contribution in [2.24, 2.45) is 0 Å².